The monoisotopic (exact) mass is 205 g/mol. The molecule has 0 spiro atoms. The standard InChI is InChI=1S/C12H19N3/c1-15(12(10-13)5-3-6-12)9-11-4-2-7-14-8-11/h2,4,7-8H,3,5-6,9-10,13H2,1H3. The summed E-state index contributed by atoms with van der Waals surface area (Å²) in [5.74, 6) is 0. The molecule has 1 aromatic rings. The molecule has 15 heavy (non-hydrogen) atoms. The number of hydrogen-bond acceptors (Lipinski definition) is 3. The number of aromatic nitrogens is 1. The van der Waals surface area contributed by atoms with Crippen LogP contribution in [0.5, 0.6) is 0 Å². The van der Waals surface area contributed by atoms with Crippen molar-refractivity contribution < 1.29 is 0 Å². The van der Waals surface area contributed by atoms with Crippen molar-refractivity contribution in [2.24, 2.45) is 5.73 Å². The zero-order valence-corrected chi connectivity index (χ0v) is 9.32. The second-order valence-electron chi connectivity index (χ2n) is 4.50. The molecule has 0 aromatic carbocycles. The van der Waals surface area contributed by atoms with Crippen molar-refractivity contribution in [2.75, 3.05) is 13.6 Å². The lowest BCUT2D eigenvalue weighted by Gasteiger charge is -2.48. The van der Waals surface area contributed by atoms with Crippen LogP contribution in [0, 0.1) is 0 Å². The Morgan fingerprint density at radius 3 is 2.80 bits per heavy atom. The number of nitrogens with two attached hydrogens (primary N) is 1. The van der Waals surface area contributed by atoms with E-state index in [1.54, 1.807) is 0 Å². The van der Waals surface area contributed by atoms with Crippen LogP contribution in [0.25, 0.3) is 0 Å². The van der Waals surface area contributed by atoms with E-state index >= 15 is 0 Å². The van der Waals surface area contributed by atoms with E-state index in [-0.39, 0.29) is 5.54 Å². The van der Waals surface area contributed by atoms with Crippen molar-refractivity contribution >= 4 is 0 Å². The molecule has 1 aliphatic carbocycles. The molecule has 3 heteroatoms. The fourth-order valence-electron chi connectivity index (χ4n) is 2.26. The van der Waals surface area contributed by atoms with Crippen LogP contribution in [0.4, 0.5) is 0 Å². The highest BCUT2D eigenvalue weighted by Crippen LogP contribution is 2.36. The number of pyridine rings is 1. The first-order valence-electron chi connectivity index (χ1n) is 5.57. The van der Waals surface area contributed by atoms with Gasteiger partial charge in [0, 0.05) is 31.0 Å². The first-order valence-corrected chi connectivity index (χ1v) is 5.57. The smallest absolute Gasteiger partial charge is 0.0332 e. The maximum Gasteiger partial charge on any atom is 0.0332 e. The average Bonchev–Trinajstić information content (AvgIpc) is 2.18. The zero-order chi connectivity index (χ0) is 10.7. The van der Waals surface area contributed by atoms with E-state index in [0.29, 0.717) is 0 Å². The van der Waals surface area contributed by atoms with Gasteiger partial charge in [0.05, 0.1) is 0 Å². The normalized spacial score (nSPS) is 18.9. The van der Waals surface area contributed by atoms with Gasteiger partial charge in [-0.25, -0.2) is 0 Å². The maximum atomic E-state index is 5.87. The molecule has 2 rings (SSSR count). The summed E-state index contributed by atoms with van der Waals surface area (Å²) in [6.45, 7) is 1.72. The topological polar surface area (TPSA) is 42.2 Å². The van der Waals surface area contributed by atoms with E-state index in [4.69, 9.17) is 5.73 Å². The van der Waals surface area contributed by atoms with E-state index in [1.807, 2.05) is 18.5 Å². The highest BCUT2D eigenvalue weighted by molar-refractivity contribution is 5.10. The Morgan fingerprint density at radius 1 is 1.53 bits per heavy atom. The van der Waals surface area contributed by atoms with Crippen LogP contribution in [0.3, 0.4) is 0 Å². The molecular formula is C12H19N3. The van der Waals surface area contributed by atoms with Gasteiger partial charge >= 0.3 is 0 Å². The van der Waals surface area contributed by atoms with Crippen LogP contribution in [0.2, 0.25) is 0 Å². The van der Waals surface area contributed by atoms with Crippen molar-refractivity contribution in [3.63, 3.8) is 0 Å². The summed E-state index contributed by atoms with van der Waals surface area (Å²) in [5.41, 5.74) is 7.39. The van der Waals surface area contributed by atoms with Gasteiger partial charge in [0.1, 0.15) is 0 Å². The van der Waals surface area contributed by atoms with Crippen LogP contribution in [0.15, 0.2) is 24.5 Å². The molecule has 0 aliphatic heterocycles. The van der Waals surface area contributed by atoms with Crippen LogP contribution in [-0.4, -0.2) is 29.0 Å². The van der Waals surface area contributed by atoms with Gasteiger partial charge in [-0.15, -0.1) is 0 Å². The molecule has 0 amide bonds. The SMILES string of the molecule is CN(Cc1cccnc1)C1(CN)CCC1. The Balaban J connectivity index is 2.00. The lowest BCUT2D eigenvalue weighted by molar-refractivity contribution is 0.0398. The van der Waals surface area contributed by atoms with Crippen LogP contribution in [0.1, 0.15) is 24.8 Å². The Bertz CT molecular complexity index is 300. The summed E-state index contributed by atoms with van der Waals surface area (Å²) in [5, 5.41) is 0. The van der Waals surface area contributed by atoms with Crippen molar-refractivity contribution in [1.29, 1.82) is 0 Å². The number of likely N-dealkylation sites (N-methyl/N-ethyl adjacent to an activating group) is 1. The molecule has 0 radical (unpaired) electrons. The van der Waals surface area contributed by atoms with Gasteiger partial charge in [-0.2, -0.15) is 0 Å². The number of nitrogens with zero attached hydrogens (tertiary/aromatic N) is 2. The predicted octanol–water partition coefficient (Wildman–Crippen LogP) is 1.39. The fourth-order valence-corrected chi connectivity index (χ4v) is 2.26. The van der Waals surface area contributed by atoms with Crippen molar-refractivity contribution in [1.82, 2.24) is 9.88 Å². The number of rotatable bonds is 4. The van der Waals surface area contributed by atoms with Crippen molar-refractivity contribution in [3.8, 4) is 0 Å². The van der Waals surface area contributed by atoms with Gasteiger partial charge < -0.3 is 5.73 Å². The number of hydrogen-bond donors (Lipinski definition) is 1. The van der Waals surface area contributed by atoms with Gasteiger partial charge in [0.2, 0.25) is 0 Å². The summed E-state index contributed by atoms with van der Waals surface area (Å²) < 4.78 is 0. The summed E-state index contributed by atoms with van der Waals surface area (Å²) in [4.78, 5) is 6.51. The lowest BCUT2D eigenvalue weighted by Crippen LogP contribution is -2.56. The van der Waals surface area contributed by atoms with E-state index < -0.39 is 0 Å². The van der Waals surface area contributed by atoms with Crippen LogP contribution < -0.4 is 5.73 Å². The molecule has 1 heterocycles. The van der Waals surface area contributed by atoms with Crippen molar-refractivity contribution in [3.05, 3.63) is 30.1 Å². The molecule has 0 unspecified atom stereocenters. The Labute approximate surface area is 91.3 Å². The van der Waals surface area contributed by atoms with E-state index in [0.717, 1.165) is 13.1 Å². The van der Waals surface area contributed by atoms with Crippen molar-refractivity contribution in [2.45, 2.75) is 31.3 Å². The molecular weight excluding hydrogens is 186 g/mol. The first-order chi connectivity index (χ1) is 7.27. The molecule has 1 fully saturated rings. The third kappa shape index (κ3) is 2.03. The third-order valence-corrected chi connectivity index (χ3v) is 3.62. The van der Waals surface area contributed by atoms with Gasteiger partial charge in [-0.3, -0.25) is 9.88 Å². The van der Waals surface area contributed by atoms with E-state index in [9.17, 15) is 0 Å². The Kier molecular flexibility index (Phi) is 3.03. The highest BCUT2D eigenvalue weighted by Gasteiger charge is 2.39. The fraction of sp³-hybridized carbons (Fsp3) is 0.583. The molecule has 2 N–H and O–H groups in total. The molecule has 82 valence electrons. The summed E-state index contributed by atoms with van der Waals surface area (Å²) in [7, 11) is 2.17. The quantitative estimate of drug-likeness (QED) is 0.807. The average molecular weight is 205 g/mol. The minimum Gasteiger partial charge on any atom is -0.329 e. The van der Waals surface area contributed by atoms with Crippen LogP contribution in [-0.2, 0) is 6.54 Å². The predicted molar refractivity (Wildman–Crippen MR) is 61.3 cm³/mol. The molecule has 3 nitrogen and oxygen atoms in total. The summed E-state index contributed by atoms with van der Waals surface area (Å²) >= 11 is 0. The van der Waals surface area contributed by atoms with Gasteiger partial charge in [0.15, 0.2) is 0 Å². The van der Waals surface area contributed by atoms with E-state index in [1.165, 1.54) is 24.8 Å². The maximum absolute atomic E-state index is 5.87. The second kappa shape index (κ2) is 4.29. The Hall–Kier alpha value is -0.930. The second-order valence-corrected chi connectivity index (χ2v) is 4.50. The lowest BCUT2D eigenvalue weighted by atomic mass is 9.75. The highest BCUT2D eigenvalue weighted by atomic mass is 15.2. The molecule has 1 aliphatic rings. The largest absolute Gasteiger partial charge is 0.329 e. The van der Waals surface area contributed by atoms with Gasteiger partial charge in [-0.05, 0) is 37.9 Å². The van der Waals surface area contributed by atoms with Gasteiger partial charge in [0.25, 0.3) is 0 Å². The molecule has 0 atom stereocenters. The summed E-state index contributed by atoms with van der Waals surface area (Å²) in [6.07, 6.45) is 7.53. The molecule has 0 saturated heterocycles. The van der Waals surface area contributed by atoms with Crippen LogP contribution >= 0.6 is 0 Å². The molecule has 1 aromatic heterocycles. The Morgan fingerprint density at radius 2 is 2.33 bits per heavy atom. The van der Waals surface area contributed by atoms with E-state index in [2.05, 4.69) is 23.0 Å². The molecule has 0 bridgehead atoms. The zero-order valence-electron chi connectivity index (χ0n) is 9.32. The first kappa shape index (κ1) is 10.6. The third-order valence-electron chi connectivity index (χ3n) is 3.62. The summed E-state index contributed by atoms with van der Waals surface area (Å²) in [6, 6.07) is 4.10. The van der Waals surface area contributed by atoms with Gasteiger partial charge in [-0.1, -0.05) is 6.07 Å². The minimum atomic E-state index is 0.260. The molecule has 1 saturated carbocycles. The minimum absolute atomic E-state index is 0.260.